The van der Waals surface area contributed by atoms with Gasteiger partial charge in [0.15, 0.2) is 0 Å². The molecule has 0 heterocycles. The van der Waals surface area contributed by atoms with Crippen molar-refractivity contribution in [1.29, 1.82) is 10.8 Å². The molecule has 0 spiro atoms. The highest BCUT2D eigenvalue weighted by atomic mass is 16.3. The predicted molar refractivity (Wildman–Crippen MR) is 35.6 cm³/mol. The Balaban J connectivity index is 3.93. The van der Waals surface area contributed by atoms with Gasteiger partial charge < -0.3 is 26.1 Å². The lowest BCUT2D eigenvalue weighted by Gasteiger charge is -2.12. The van der Waals surface area contributed by atoms with Crippen LogP contribution in [-0.2, 0) is 0 Å². The fourth-order valence-corrected chi connectivity index (χ4v) is 0.391. The lowest BCUT2D eigenvalue weighted by molar-refractivity contribution is 0.104. The fraction of sp³-hybridized carbons (Fsp3) is 0.600. The Kier molecular flexibility index (Phi) is 3.78. The normalized spacial score (nSPS) is 15.9. The van der Waals surface area contributed by atoms with Crippen LogP contribution in [0.1, 0.15) is 0 Å². The van der Waals surface area contributed by atoms with Crippen molar-refractivity contribution >= 4 is 11.9 Å². The van der Waals surface area contributed by atoms with Crippen molar-refractivity contribution in [2.75, 3.05) is 6.61 Å². The van der Waals surface area contributed by atoms with Crippen LogP contribution in [0.5, 0.6) is 0 Å². The number of aliphatic hydroxyl groups is 3. The van der Waals surface area contributed by atoms with E-state index in [0.29, 0.717) is 6.21 Å². The van der Waals surface area contributed by atoms with Crippen molar-refractivity contribution in [2.45, 2.75) is 12.2 Å². The van der Waals surface area contributed by atoms with Gasteiger partial charge in [0, 0.05) is 6.21 Å². The second-order valence-corrected chi connectivity index (χ2v) is 1.79. The standard InChI is InChI=1S/C5H10N2O3/c6-1-4(9)5(10)3(7)2-8/h1,4-10H,2H2/t4-,5+/m1/s1. The van der Waals surface area contributed by atoms with Gasteiger partial charge in [-0.1, -0.05) is 0 Å². The molecule has 0 aliphatic heterocycles. The van der Waals surface area contributed by atoms with Crippen molar-refractivity contribution in [3.8, 4) is 0 Å². The number of aliphatic hydroxyl groups excluding tert-OH is 3. The van der Waals surface area contributed by atoms with Gasteiger partial charge >= 0.3 is 0 Å². The van der Waals surface area contributed by atoms with Gasteiger partial charge in [-0.3, -0.25) is 0 Å². The topological polar surface area (TPSA) is 108 Å². The quantitative estimate of drug-likeness (QED) is 0.307. The number of rotatable bonds is 4. The molecule has 10 heavy (non-hydrogen) atoms. The van der Waals surface area contributed by atoms with Crippen LogP contribution in [0.2, 0.25) is 0 Å². The molecule has 0 amide bonds. The molecule has 0 aromatic heterocycles. The summed E-state index contributed by atoms with van der Waals surface area (Å²) in [4.78, 5) is 0. The second-order valence-electron chi connectivity index (χ2n) is 1.79. The zero-order valence-electron chi connectivity index (χ0n) is 5.28. The van der Waals surface area contributed by atoms with Crippen LogP contribution in [-0.4, -0.2) is 46.1 Å². The third-order valence-corrected chi connectivity index (χ3v) is 1.02. The van der Waals surface area contributed by atoms with Crippen LogP contribution in [0.25, 0.3) is 0 Å². The summed E-state index contributed by atoms with van der Waals surface area (Å²) >= 11 is 0. The number of nitrogens with one attached hydrogen (secondary N) is 2. The summed E-state index contributed by atoms with van der Waals surface area (Å²) in [6.45, 7) is -0.605. The summed E-state index contributed by atoms with van der Waals surface area (Å²) in [7, 11) is 0. The third kappa shape index (κ3) is 2.22. The second kappa shape index (κ2) is 4.10. The number of hydrogen-bond donors (Lipinski definition) is 5. The molecular formula is C5H10N2O3. The minimum atomic E-state index is -1.46. The lowest BCUT2D eigenvalue weighted by Crippen LogP contribution is -2.36. The van der Waals surface area contributed by atoms with E-state index in [4.69, 9.17) is 26.1 Å². The first-order chi connectivity index (χ1) is 4.63. The van der Waals surface area contributed by atoms with E-state index in [2.05, 4.69) is 0 Å². The van der Waals surface area contributed by atoms with Crippen molar-refractivity contribution in [1.82, 2.24) is 0 Å². The van der Waals surface area contributed by atoms with Gasteiger partial charge in [0.25, 0.3) is 0 Å². The Morgan fingerprint density at radius 3 is 2.30 bits per heavy atom. The van der Waals surface area contributed by atoms with Crippen LogP contribution in [0, 0.1) is 10.8 Å². The van der Waals surface area contributed by atoms with Crippen LogP contribution >= 0.6 is 0 Å². The molecule has 0 aromatic rings. The number of hydrogen-bond acceptors (Lipinski definition) is 5. The van der Waals surface area contributed by atoms with Crippen LogP contribution in [0.15, 0.2) is 0 Å². The van der Waals surface area contributed by atoms with Gasteiger partial charge in [0.1, 0.15) is 12.2 Å². The molecule has 5 nitrogen and oxygen atoms in total. The van der Waals surface area contributed by atoms with Gasteiger partial charge in [0.2, 0.25) is 0 Å². The molecule has 5 heteroatoms. The van der Waals surface area contributed by atoms with Crippen LogP contribution in [0.4, 0.5) is 0 Å². The van der Waals surface area contributed by atoms with E-state index in [9.17, 15) is 0 Å². The van der Waals surface area contributed by atoms with Gasteiger partial charge in [-0.15, -0.1) is 0 Å². The maximum Gasteiger partial charge on any atom is 0.125 e. The monoisotopic (exact) mass is 146 g/mol. The fourth-order valence-electron chi connectivity index (χ4n) is 0.391. The Morgan fingerprint density at radius 1 is 1.50 bits per heavy atom. The Bertz CT molecular complexity index is 137. The minimum Gasteiger partial charge on any atom is -0.390 e. The molecule has 0 fully saturated rings. The smallest absolute Gasteiger partial charge is 0.125 e. The Hall–Kier alpha value is -0.780. The summed E-state index contributed by atoms with van der Waals surface area (Å²) in [5, 5.41) is 39.1. The Morgan fingerprint density at radius 2 is 2.00 bits per heavy atom. The summed E-state index contributed by atoms with van der Waals surface area (Å²) in [6, 6.07) is 0. The highest BCUT2D eigenvalue weighted by Gasteiger charge is 2.17. The molecule has 0 radical (unpaired) electrons. The summed E-state index contributed by atoms with van der Waals surface area (Å²) < 4.78 is 0. The van der Waals surface area contributed by atoms with Gasteiger partial charge in [-0.05, 0) is 0 Å². The molecule has 2 atom stereocenters. The molecule has 0 saturated heterocycles. The SMILES string of the molecule is N=C[C@@H](O)[C@@H](O)C(=N)CO. The lowest BCUT2D eigenvalue weighted by atomic mass is 10.1. The zero-order valence-corrected chi connectivity index (χ0v) is 5.28. The molecular weight excluding hydrogens is 136 g/mol. The average molecular weight is 146 g/mol. The summed E-state index contributed by atoms with van der Waals surface area (Å²) in [6.07, 6.45) is -2.24. The van der Waals surface area contributed by atoms with E-state index in [1.807, 2.05) is 0 Å². The van der Waals surface area contributed by atoms with Gasteiger partial charge in [0.05, 0.1) is 12.3 Å². The van der Waals surface area contributed by atoms with E-state index < -0.39 is 24.5 Å². The zero-order chi connectivity index (χ0) is 8.15. The molecule has 5 N–H and O–H groups in total. The molecule has 0 unspecified atom stereocenters. The van der Waals surface area contributed by atoms with Gasteiger partial charge in [-0.25, -0.2) is 0 Å². The van der Waals surface area contributed by atoms with Crippen molar-refractivity contribution in [2.24, 2.45) is 0 Å². The van der Waals surface area contributed by atoms with E-state index in [1.165, 1.54) is 0 Å². The van der Waals surface area contributed by atoms with E-state index in [1.54, 1.807) is 0 Å². The first-order valence-electron chi connectivity index (χ1n) is 2.68. The predicted octanol–water partition coefficient (Wildman–Crippen LogP) is -1.63. The first kappa shape index (κ1) is 9.22. The van der Waals surface area contributed by atoms with Gasteiger partial charge in [-0.2, -0.15) is 0 Å². The summed E-state index contributed by atoms with van der Waals surface area (Å²) in [5.74, 6) is 0. The van der Waals surface area contributed by atoms with E-state index in [0.717, 1.165) is 0 Å². The van der Waals surface area contributed by atoms with E-state index >= 15 is 0 Å². The molecule has 0 aliphatic rings. The maximum atomic E-state index is 8.80. The van der Waals surface area contributed by atoms with E-state index in [-0.39, 0.29) is 0 Å². The van der Waals surface area contributed by atoms with Crippen molar-refractivity contribution in [3.63, 3.8) is 0 Å². The maximum absolute atomic E-state index is 8.80. The van der Waals surface area contributed by atoms with Crippen molar-refractivity contribution < 1.29 is 15.3 Å². The van der Waals surface area contributed by atoms with Crippen molar-refractivity contribution in [3.05, 3.63) is 0 Å². The largest absolute Gasteiger partial charge is 0.390 e. The molecule has 0 aliphatic carbocycles. The van der Waals surface area contributed by atoms with Crippen LogP contribution in [0.3, 0.4) is 0 Å². The minimum absolute atomic E-state index is 0.393. The highest BCUT2D eigenvalue weighted by Crippen LogP contribution is 1.91. The molecule has 58 valence electrons. The molecule has 0 rings (SSSR count). The molecule has 0 aromatic carbocycles. The first-order valence-corrected chi connectivity index (χ1v) is 2.68. The average Bonchev–Trinajstić information content (AvgIpc) is 2.00. The Labute approximate surface area is 58.0 Å². The molecule has 0 saturated carbocycles. The molecule has 0 bridgehead atoms. The van der Waals surface area contributed by atoms with Crippen LogP contribution < -0.4 is 0 Å². The third-order valence-electron chi connectivity index (χ3n) is 1.02. The summed E-state index contributed by atoms with van der Waals surface area (Å²) in [5.41, 5.74) is -0.393. The highest BCUT2D eigenvalue weighted by molar-refractivity contribution is 5.89.